The number of aryl methyl sites for hydroxylation is 2. The van der Waals surface area contributed by atoms with E-state index in [2.05, 4.69) is 10.2 Å². The van der Waals surface area contributed by atoms with Crippen molar-refractivity contribution in [3.8, 4) is 0 Å². The maximum atomic E-state index is 13.3. The molecule has 0 bridgehead atoms. The third kappa shape index (κ3) is 4.47. The van der Waals surface area contributed by atoms with Gasteiger partial charge in [0.05, 0.1) is 40.7 Å². The number of hydrogen-bond donors (Lipinski definition) is 1. The zero-order valence-electron chi connectivity index (χ0n) is 19.7. The normalized spacial score (nSPS) is 15.6. The van der Waals surface area contributed by atoms with Crippen LogP contribution in [0.2, 0.25) is 0 Å². The first-order chi connectivity index (χ1) is 15.6. The second kappa shape index (κ2) is 8.79. The molecule has 176 valence electrons. The topological polar surface area (TPSA) is 93.5 Å². The smallest absolute Gasteiger partial charge is 0.262 e. The summed E-state index contributed by atoms with van der Waals surface area (Å²) in [6.45, 7) is 8.20. The van der Waals surface area contributed by atoms with Crippen LogP contribution >= 0.6 is 0 Å². The Morgan fingerprint density at radius 1 is 1.15 bits per heavy atom. The van der Waals surface area contributed by atoms with E-state index in [0.29, 0.717) is 54.4 Å². The first-order valence-corrected chi connectivity index (χ1v) is 12.9. The van der Waals surface area contributed by atoms with Crippen LogP contribution in [0.25, 0.3) is 10.9 Å². The lowest BCUT2D eigenvalue weighted by atomic mass is 10.0. The number of nitrogens with one attached hydrogen (secondary N) is 1. The Bertz CT molecular complexity index is 1380. The molecule has 8 nitrogen and oxygen atoms in total. The number of rotatable bonds is 5. The lowest BCUT2D eigenvalue weighted by molar-refractivity contribution is 0.121. The van der Waals surface area contributed by atoms with Gasteiger partial charge < -0.3 is 15.0 Å². The van der Waals surface area contributed by atoms with Crippen molar-refractivity contribution in [2.45, 2.75) is 31.7 Å². The molecule has 0 amide bonds. The second-order valence-electron chi connectivity index (χ2n) is 8.72. The van der Waals surface area contributed by atoms with Crippen LogP contribution in [0, 0.1) is 13.8 Å². The summed E-state index contributed by atoms with van der Waals surface area (Å²) in [5.74, 6) is 0.612. The largest absolute Gasteiger partial charge is 0.378 e. The average Bonchev–Trinajstić information content (AvgIpc) is 2.75. The summed E-state index contributed by atoms with van der Waals surface area (Å²) in [5, 5.41) is 3.91. The van der Waals surface area contributed by atoms with Crippen LogP contribution in [0.4, 0.5) is 11.6 Å². The number of sulfone groups is 1. The van der Waals surface area contributed by atoms with Crippen LogP contribution in [0.5, 0.6) is 0 Å². The van der Waals surface area contributed by atoms with E-state index in [1.54, 1.807) is 30.7 Å². The van der Waals surface area contributed by atoms with Gasteiger partial charge in [-0.25, -0.2) is 13.4 Å². The molecule has 1 saturated heterocycles. The van der Waals surface area contributed by atoms with Crippen molar-refractivity contribution in [2.75, 3.05) is 42.8 Å². The minimum Gasteiger partial charge on any atom is -0.378 e. The molecule has 1 atom stereocenters. The number of aromatic nitrogens is 2. The molecule has 33 heavy (non-hydrogen) atoms. The minimum atomic E-state index is -3.43. The van der Waals surface area contributed by atoms with Crippen molar-refractivity contribution in [1.82, 2.24) is 9.55 Å². The maximum absolute atomic E-state index is 13.3. The lowest BCUT2D eigenvalue weighted by Gasteiger charge is -2.29. The average molecular weight is 471 g/mol. The second-order valence-corrected chi connectivity index (χ2v) is 10.7. The van der Waals surface area contributed by atoms with Gasteiger partial charge in [-0.3, -0.25) is 9.36 Å². The number of hydrogen-bond acceptors (Lipinski definition) is 7. The van der Waals surface area contributed by atoms with Gasteiger partial charge in [-0.2, -0.15) is 0 Å². The van der Waals surface area contributed by atoms with Crippen molar-refractivity contribution in [3.63, 3.8) is 0 Å². The third-order valence-electron chi connectivity index (χ3n) is 6.05. The summed E-state index contributed by atoms with van der Waals surface area (Å²) >= 11 is 0. The van der Waals surface area contributed by atoms with E-state index >= 15 is 0 Å². The van der Waals surface area contributed by atoms with E-state index in [1.165, 1.54) is 6.26 Å². The maximum Gasteiger partial charge on any atom is 0.262 e. The Labute approximate surface area is 194 Å². The van der Waals surface area contributed by atoms with Gasteiger partial charge in [0.1, 0.15) is 0 Å². The van der Waals surface area contributed by atoms with Crippen molar-refractivity contribution in [2.24, 2.45) is 7.05 Å². The highest BCUT2D eigenvalue weighted by atomic mass is 32.2. The van der Waals surface area contributed by atoms with Gasteiger partial charge in [0.2, 0.25) is 5.95 Å². The van der Waals surface area contributed by atoms with E-state index in [-0.39, 0.29) is 16.5 Å². The molecule has 0 radical (unpaired) electrons. The predicted molar refractivity (Wildman–Crippen MR) is 131 cm³/mol. The van der Waals surface area contributed by atoms with Gasteiger partial charge >= 0.3 is 0 Å². The molecule has 0 spiro atoms. The van der Waals surface area contributed by atoms with Gasteiger partial charge in [0, 0.05) is 32.0 Å². The molecule has 2 aromatic carbocycles. The fourth-order valence-corrected chi connectivity index (χ4v) is 5.67. The molecule has 0 aliphatic carbocycles. The number of benzene rings is 2. The molecular formula is C24H30N4O4S. The Hall–Kier alpha value is -2.91. The van der Waals surface area contributed by atoms with Crippen molar-refractivity contribution >= 4 is 32.4 Å². The van der Waals surface area contributed by atoms with E-state index in [4.69, 9.17) is 9.72 Å². The highest BCUT2D eigenvalue weighted by Gasteiger charge is 2.22. The van der Waals surface area contributed by atoms with Gasteiger partial charge in [-0.05, 0) is 44.0 Å². The SMILES string of the molecule is Cc1cc([C@@H](C)Nc2cccc(C)c2S(C)(=O)=O)c2nc(N3CCOCC3)n(C)c(=O)c2c1. The van der Waals surface area contributed by atoms with Crippen molar-refractivity contribution < 1.29 is 13.2 Å². The molecule has 9 heteroatoms. The van der Waals surface area contributed by atoms with Crippen LogP contribution in [-0.2, 0) is 21.6 Å². The van der Waals surface area contributed by atoms with Crippen LogP contribution < -0.4 is 15.8 Å². The monoisotopic (exact) mass is 470 g/mol. The summed E-state index contributed by atoms with van der Waals surface area (Å²) in [6.07, 6.45) is 1.22. The van der Waals surface area contributed by atoms with E-state index in [0.717, 1.165) is 11.1 Å². The van der Waals surface area contributed by atoms with E-state index < -0.39 is 9.84 Å². The Kier molecular flexibility index (Phi) is 6.20. The standard InChI is InChI=1S/C24H30N4O4S/c1-15-13-18(17(3)25-20-8-6-7-16(2)22(20)33(5,30)31)21-19(14-15)23(29)27(4)24(26-21)28-9-11-32-12-10-28/h6-8,13-14,17,25H,9-12H2,1-5H3/t17-/m1/s1. The minimum absolute atomic E-state index is 0.106. The Balaban J connectivity index is 1.85. The zero-order chi connectivity index (χ0) is 23.9. The zero-order valence-corrected chi connectivity index (χ0v) is 20.5. The van der Waals surface area contributed by atoms with E-state index in [9.17, 15) is 13.2 Å². The van der Waals surface area contributed by atoms with Crippen LogP contribution in [0.15, 0.2) is 40.0 Å². The molecule has 1 fully saturated rings. The Morgan fingerprint density at radius 3 is 2.52 bits per heavy atom. The summed E-state index contributed by atoms with van der Waals surface area (Å²) in [5.41, 5.74) is 3.53. The number of anilines is 2. The highest BCUT2D eigenvalue weighted by molar-refractivity contribution is 7.91. The van der Waals surface area contributed by atoms with Crippen LogP contribution in [0.3, 0.4) is 0 Å². The highest BCUT2D eigenvalue weighted by Crippen LogP contribution is 2.31. The molecule has 4 rings (SSSR count). The molecular weight excluding hydrogens is 440 g/mol. The molecule has 1 N–H and O–H groups in total. The van der Waals surface area contributed by atoms with Crippen molar-refractivity contribution in [3.05, 3.63) is 57.4 Å². The molecule has 3 aromatic rings. The van der Waals surface area contributed by atoms with Gasteiger partial charge in [-0.15, -0.1) is 0 Å². The van der Waals surface area contributed by atoms with Crippen molar-refractivity contribution in [1.29, 1.82) is 0 Å². The molecule has 2 heterocycles. The molecule has 1 aromatic heterocycles. The number of nitrogens with zero attached hydrogens (tertiary/aromatic N) is 3. The van der Waals surface area contributed by atoms with Gasteiger partial charge in [-0.1, -0.05) is 18.2 Å². The number of morpholine rings is 1. The quantitative estimate of drug-likeness (QED) is 0.613. The molecule has 0 saturated carbocycles. The summed E-state index contributed by atoms with van der Waals surface area (Å²) in [7, 11) is -1.68. The first-order valence-electron chi connectivity index (χ1n) is 11.0. The van der Waals surface area contributed by atoms with Gasteiger partial charge in [0.25, 0.3) is 5.56 Å². The summed E-state index contributed by atoms with van der Waals surface area (Å²) in [4.78, 5) is 20.5. The summed E-state index contributed by atoms with van der Waals surface area (Å²) < 4.78 is 31.9. The fraction of sp³-hybridized carbons (Fsp3) is 0.417. The Morgan fingerprint density at radius 2 is 1.85 bits per heavy atom. The predicted octanol–water partition coefficient (Wildman–Crippen LogP) is 2.96. The summed E-state index contributed by atoms with van der Waals surface area (Å²) in [6, 6.07) is 8.96. The number of ether oxygens (including phenoxy) is 1. The van der Waals surface area contributed by atoms with Crippen LogP contribution in [-0.4, -0.2) is 50.5 Å². The fourth-order valence-electron chi connectivity index (χ4n) is 4.49. The molecule has 1 aliphatic heterocycles. The lowest BCUT2D eigenvalue weighted by Crippen LogP contribution is -2.40. The number of fused-ring (bicyclic) bond motifs is 1. The van der Waals surface area contributed by atoms with Gasteiger partial charge in [0.15, 0.2) is 9.84 Å². The van der Waals surface area contributed by atoms with Crippen LogP contribution in [0.1, 0.15) is 29.7 Å². The first kappa shape index (κ1) is 23.3. The third-order valence-corrected chi connectivity index (χ3v) is 7.33. The van der Waals surface area contributed by atoms with E-state index in [1.807, 2.05) is 32.0 Å². The molecule has 0 unspecified atom stereocenters. The molecule has 1 aliphatic rings.